The summed E-state index contributed by atoms with van der Waals surface area (Å²) < 4.78 is 55.5. The minimum absolute atomic E-state index is 0.157. The van der Waals surface area contributed by atoms with E-state index in [-0.39, 0.29) is 16.3 Å². The summed E-state index contributed by atoms with van der Waals surface area (Å²) >= 11 is 0. The maximum Gasteiger partial charge on any atom is 0.261 e. The Hall–Kier alpha value is -4.00. The fourth-order valence-electron chi connectivity index (χ4n) is 3.77. The molecule has 4 bridgehead atoms. The molecule has 0 aliphatic carbocycles. The van der Waals surface area contributed by atoms with Crippen molar-refractivity contribution in [2.24, 2.45) is 0 Å². The average molecular weight is 537 g/mol. The van der Waals surface area contributed by atoms with Crippen molar-refractivity contribution in [3.05, 3.63) is 85.1 Å². The van der Waals surface area contributed by atoms with E-state index in [1.165, 1.54) is 24.3 Å². The molecule has 0 unspecified atom stereocenters. The highest BCUT2D eigenvalue weighted by molar-refractivity contribution is 7.92. The molecule has 190 valence electrons. The number of hydrogen-bond acceptors (Lipinski definition) is 8. The van der Waals surface area contributed by atoms with Gasteiger partial charge < -0.3 is 10.6 Å². The van der Waals surface area contributed by atoms with Gasteiger partial charge in [-0.2, -0.15) is 4.98 Å². The summed E-state index contributed by atoms with van der Waals surface area (Å²) in [6.45, 7) is 0.731. The van der Waals surface area contributed by atoms with Gasteiger partial charge in [-0.05, 0) is 54.4 Å². The number of rotatable bonds is 4. The van der Waals surface area contributed by atoms with Crippen LogP contribution in [0.25, 0.3) is 11.1 Å². The van der Waals surface area contributed by atoms with Gasteiger partial charge in [-0.3, -0.25) is 4.72 Å². The van der Waals surface area contributed by atoms with Gasteiger partial charge >= 0.3 is 0 Å². The third-order valence-electron chi connectivity index (χ3n) is 5.63. The van der Waals surface area contributed by atoms with E-state index in [0.29, 0.717) is 41.7 Å². The molecule has 2 heterocycles. The Kier molecular flexibility index (Phi) is 6.78. The average Bonchev–Trinajstić information content (AvgIpc) is 2.90. The third-order valence-corrected chi connectivity index (χ3v) is 8.48. The first-order valence-corrected chi connectivity index (χ1v) is 14.4. The zero-order valence-electron chi connectivity index (χ0n) is 19.5. The van der Waals surface area contributed by atoms with Crippen molar-refractivity contribution in [1.82, 2.24) is 14.7 Å². The second-order valence-corrected chi connectivity index (χ2v) is 11.7. The van der Waals surface area contributed by atoms with E-state index in [1.807, 2.05) is 0 Å². The smallest absolute Gasteiger partial charge is 0.261 e. The quantitative estimate of drug-likeness (QED) is 0.309. The zero-order chi connectivity index (χ0) is 25.9. The minimum atomic E-state index is -3.70. The molecular formula is C25H24N6O4S2. The van der Waals surface area contributed by atoms with Crippen LogP contribution < -0.4 is 20.1 Å². The molecular weight excluding hydrogens is 512 g/mol. The first-order chi connectivity index (χ1) is 17.8. The molecule has 4 aromatic rings. The number of nitrogens with zero attached hydrogens (tertiary/aromatic N) is 2. The topological polar surface area (TPSA) is 142 Å². The molecule has 10 nitrogen and oxygen atoms in total. The summed E-state index contributed by atoms with van der Waals surface area (Å²) in [5.41, 5.74) is 2.46. The minimum Gasteiger partial charge on any atom is -0.369 e. The molecule has 3 aromatic carbocycles. The van der Waals surface area contributed by atoms with Gasteiger partial charge in [0.15, 0.2) is 0 Å². The van der Waals surface area contributed by atoms with Crippen LogP contribution in [0.3, 0.4) is 0 Å². The lowest BCUT2D eigenvalue weighted by Crippen LogP contribution is -2.26. The van der Waals surface area contributed by atoms with Crippen LogP contribution in [0, 0.1) is 0 Å². The van der Waals surface area contributed by atoms with Gasteiger partial charge in [0, 0.05) is 36.2 Å². The van der Waals surface area contributed by atoms with Gasteiger partial charge in [0.05, 0.1) is 9.79 Å². The first-order valence-electron chi connectivity index (χ1n) is 11.5. The summed E-state index contributed by atoms with van der Waals surface area (Å²) in [6.07, 6.45) is 2.20. The van der Waals surface area contributed by atoms with Gasteiger partial charge in [0.25, 0.3) is 10.0 Å². The Morgan fingerprint density at radius 3 is 2.46 bits per heavy atom. The number of hydrogen-bond donors (Lipinski definition) is 4. The highest BCUT2D eigenvalue weighted by atomic mass is 32.2. The van der Waals surface area contributed by atoms with Crippen LogP contribution in [0.1, 0.15) is 6.42 Å². The van der Waals surface area contributed by atoms with Gasteiger partial charge in [0.2, 0.25) is 16.0 Å². The lowest BCUT2D eigenvalue weighted by molar-refractivity contribution is 0.580. The molecule has 1 aromatic heterocycles. The maximum atomic E-state index is 12.6. The molecule has 5 rings (SSSR count). The lowest BCUT2D eigenvalue weighted by atomic mass is 10.1. The number of fused-ring (bicyclic) bond motifs is 4. The fraction of sp³-hybridized carbons (Fsp3) is 0.120. The molecule has 0 atom stereocenters. The highest BCUT2D eigenvalue weighted by Crippen LogP contribution is 2.29. The predicted octanol–water partition coefficient (Wildman–Crippen LogP) is 3.78. The molecule has 0 amide bonds. The van der Waals surface area contributed by atoms with Crippen molar-refractivity contribution in [3.8, 4) is 11.1 Å². The van der Waals surface area contributed by atoms with Crippen LogP contribution in [0.2, 0.25) is 0 Å². The number of aromatic nitrogens is 2. The number of sulfonamides is 2. The van der Waals surface area contributed by atoms with Crippen LogP contribution >= 0.6 is 0 Å². The standard InChI is InChI=1S/C25H24N6O4S2/c32-36(33)22-9-4-6-20(16-22)29-25-27-17-23(24(30-25)26-14-5-15-28-36)18-10-12-19(13-11-18)31-37(34,35)21-7-2-1-3-8-21/h1-4,6-13,16-17,28,31H,5,14-15H2,(H2,26,27,29,30). The highest BCUT2D eigenvalue weighted by Gasteiger charge is 2.17. The Balaban J connectivity index is 1.42. The molecule has 0 saturated heterocycles. The van der Waals surface area contributed by atoms with Crippen molar-refractivity contribution < 1.29 is 16.8 Å². The van der Waals surface area contributed by atoms with Gasteiger partial charge in [-0.1, -0.05) is 36.4 Å². The maximum absolute atomic E-state index is 12.6. The van der Waals surface area contributed by atoms with Crippen LogP contribution in [0.15, 0.2) is 94.9 Å². The largest absolute Gasteiger partial charge is 0.369 e. The summed E-state index contributed by atoms with van der Waals surface area (Å²) in [7, 11) is -7.33. The fourth-order valence-corrected chi connectivity index (χ4v) is 5.97. The van der Waals surface area contributed by atoms with E-state index in [1.54, 1.807) is 60.8 Å². The molecule has 1 aliphatic rings. The normalized spacial score (nSPS) is 15.1. The number of anilines is 4. The Bertz CT molecular complexity index is 1630. The molecule has 4 N–H and O–H groups in total. The van der Waals surface area contributed by atoms with E-state index < -0.39 is 20.0 Å². The van der Waals surface area contributed by atoms with Crippen LogP contribution in [-0.4, -0.2) is 39.9 Å². The molecule has 0 radical (unpaired) electrons. The summed E-state index contributed by atoms with van der Waals surface area (Å²) in [4.78, 5) is 9.36. The second-order valence-electron chi connectivity index (χ2n) is 8.28. The van der Waals surface area contributed by atoms with Gasteiger partial charge in [0.1, 0.15) is 5.82 Å². The molecule has 0 saturated carbocycles. The molecule has 37 heavy (non-hydrogen) atoms. The number of nitrogens with one attached hydrogen (secondary N) is 4. The number of benzene rings is 3. The van der Waals surface area contributed by atoms with E-state index in [0.717, 1.165) is 5.56 Å². The Labute approximate surface area is 215 Å². The summed E-state index contributed by atoms with van der Waals surface area (Å²) in [5.74, 6) is 0.869. The van der Waals surface area contributed by atoms with E-state index in [9.17, 15) is 16.8 Å². The molecule has 1 aliphatic heterocycles. The third kappa shape index (κ3) is 5.71. The monoisotopic (exact) mass is 536 g/mol. The Morgan fingerprint density at radius 2 is 1.68 bits per heavy atom. The second kappa shape index (κ2) is 10.2. The SMILES string of the molecule is O=S1(=O)NCCCNc2nc(ncc2-c2ccc(NS(=O)(=O)c3ccccc3)cc2)Nc2cccc1c2. The summed E-state index contributed by atoms with van der Waals surface area (Å²) in [6, 6.07) is 21.5. The molecule has 0 fully saturated rings. The van der Waals surface area contributed by atoms with E-state index >= 15 is 0 Å². The molecule has 0 spiro atoms. The van der Waals surface area contributed by atoms with Crippen molar-refractivity contribution >= 4 is 43.2 Å². The van der Waals surface area contributed by atoms with Crippen molar-refractivity contribution in [1.29, 1.82) is 0 Å². The van der Waals surface area contributed by atoms with E-state index in [4.69, 9.17) is 0 Å². The van der Waals surface area contributed by atoms with Crippen LogP contribution in [0.5, 0.6) is 0 Å². The molecule has 12 heteroatoms. The van der Waals surface area contributed by atoms with E-state index in [2.05, 4.69) is 30.0 Å². The van der Waals surface area contributed by atoms with Crippen LogP contribution in [-0.2, 0) is 20.0 Å². The van der Waals surface area contributed by atoms with Crippen molar-refractivity contribution in [3.63, 3.8) is 0 Å². The van der Waals surface area contributed by atoms with Gasteiger partial charge in [-0.25, -0.2) is 26.5 Å². The van der Waals surface area contributed by atoms with Gasteiger partial charge in [-0.15, -0.1) is 0 Å². The first kappa shape index (κ1) is 24.7. The zero-order valence-corrected chi connectivity index (χ0v) is 21.2. The Morgan fingerprint density at radius 1 is 0.892 bits per heavy atom. The summed E-state index contributed by atoms with van der Waals surface area (Å²) in [5, 5.41) is 6.32. The predicted molar refractivity (Wildman–Crippen MR) is 143 cm³/mol. The van der Waals surface area contributed by atoms with Crippen molar-refractivity contribution in [2.75, 3.05) is 28.4 Å². The van der Waals surface area contributed by atoms with Crippen LogP contribution in [0.4, 0.5) is 23.1 Å². The lowest BCUT2D eigenvalue weighted by Gasteiger charge is -2.14. The van der Waals surface area contributed by atoms with Crippen molar-refractivity contribution in [2.45, 2.75) is 16.2 Å².